The number of benzene rings is 1. The van der Waals surface area contributed by atoms with E-state index in [1.54, 1.807) is 4.68 Å². The van der Waals surface area contributed by atoms with E-state index in [-0.39, 0.29) is 19.6 Å². The Morgan fingerprint density at radius 1 is 1.17 bits per heavy atom. The molecule has 2 N–H and O–H groups in total. The summed E-state index contributed by atoms with van der Waals surface area (Å²) in [6.45, 7) is 0.134. The number of halogens is 1. The number of hydrogen-bond donors (Lipinski definition) is 2. The molecule has 0 amide bonds. The normalized spacial score (nSPS) is 21.2. The zero-order valence-electron chi connectivity index (χ0n) is 15.8. The maximum atomic E-state index is 12.9. The van der Waals surface area contributed by atoms with Gasteiger partial charge in [0.1, 0.15) is 21.7 Å². The van der Waals surface area contributed by atoms with Gasteiger partial charge in [0.25, 0.3) is 5.56 Å². The van der Waals surface area contributed by atoms with Crippen molar-refractivity contribution in [2.45, 2.75) is 37.9 Å². The predicted molar refractivity (Wildman–Crippen MR) is 114 cm³/mol. The van der Waals surface area contributed by atoms with E-state index in [4.69, 9.17) is 4.74 Å². The molecule has 0 saturated carbocycles. The largest absolute Gasteiger partial charge is 0.394 e. The molecule has 0 unspecified atom stereocenters. The number of aliphatic hydroxyl groups is 2. The molecule has 30 heavy (non-hydrogen) atoms. The SMILES string of the molecule is O=c1ccn([C@H]2C[C@H](O)[C@@H](CO)O2)c(=O)n1Cc1nnn(Cc2ccccc2)c1I. The summed E-state index contributed by atoms with van der Waals surface area (Å²) < 4.78 is 10.3. The quantitative estimate of drug-likeness (QED) is 0.433. The first-order chi connectivity index (χ1) is 14.5. The average Bonchev–Trinajstić information content (AvgIpc) is 3.28. The molecule has 0 bridgehead atoms. The first kappa shape index (κ1) is 20.9. The van der Waals surface area contributed by atoms with Crippen LogP contribution >= 0.6 is 22.6 Å². The Bertz CT molecular complexity index is 1140. The Morgan fingerprint density at radius 2 is 1.93 bits per heavy atom. The van der Waals surface area contributed by atoms with E-state index in [9.17, 15) is 19.8 Å². The van der Waals surface area contributed by atoms with Crippen molar-refractivity contribution in [3.8, 4) is 0 Å². The van der Waals surface area contributed by atoms with Crippen LogP contribution in [0.4, 0.5) is 0 Å². The van der Waals surface area contributed by atoms with Crippen LogP contribution in [0.2, 0.25) is 0 Å². The van der Waals surface area contributed by atoms with E-state index in [0.29, 0.717) is 12.2 Å². The maximum Gasteiger partial charge on any atom is 0.333 e. The lowest BCUT2D eigenvalue weighted by Gasteiger charge is -2.16. The summed E-state index contributed by atoms with van der Waals surface area (Å²) in [5, 5.41) is 27.5. The summed E-state index contributed by atoms with van der Waals surface area (Å²) >= 11 is 2.10. The van der Waals surface area contributed by atoms with Gasteiger partial charge < -0.3 is 14.9 Å². The number of hydrogen-bond acceptors (Lipinski definition) is 7. The second kappa shape index (κ2) is 8.79. The smallest absolute Gasteiger partial charge is 0.333 e. The van der Waals surface area contributed by atoms with E-state index in [2.05, 4.69) is 32.9 Å². The fourth-order valence-corrected chi connectivity index (χ4v) is 3.93. The minimum Gasteiger partial charge on any atom is -0.394 e. The molecular weight excluding hydrogens is 505 g/mol. The number of ether oxygens (including phenoxy) is 1. The predicted octanol–water partition coefficient (Wildman–Crippen LogP) is -0.0566. The molecule has 1 aromatic carbocycles. The molecule has 1 saturated heterocycles. The van der Waals surface area contributed by atoms with E-state index >= 15 is 0 Å². The molecule has 1 aliphatic heterocycles. The van der Waals surface area contributed by atoms with Gasteiger partial charge in [-0.1, -0.05) is 35.5 Å². The Hall–Kier alpha value is -2.35. The number of aliphatic hydroxyl groups excluding tert-OH is 2. The molecule has 11 heteroatoms. The Balaban J connectivity index is 1.60. The van der Waals surface area contributed by atoms with Crippen LogP contribution in [0, 0.1) is 3.70 Å². The highest BCUT2D eigenvalue weighted by Crippen LogP contribution is 2.27. The molecule has 10 nitrogen and oxygen atoms in total. The first-order valence-electron chi connectivity index (χ1n) is 9.36. The van der Waals surface area contributed by atoms with E-state index in [0.717, 1.165) is 13.8 Å². The molecule has 1 fully saturated rings. The van der Waals surface area contributed by atoms with Gasteiger partial charge in [0, 0.05) is 18.7 Å². The Morgan fingerprint density at radius 3 is 2.63 bits per heavy atom. The van der Waals surface area contributed by atoms with Crippen LogP contribution in [0.1, 0.15) is 23.9 Å². The standard InChI is InChI=1S/C19H20IN5O5/c20-18-13(21-22-25(18)9-12-4-2-1-3-5-12)10-24-16(28)6-7-23(19(24)29)17-8-14(27)15(11-26)30-17/h1-7,14-15,17,26-27H,8-11H2/t14-,15+,17+/m0/s1. The van der Waals surface area contributed by atoms with E-state index in [1.807, 2.05) is 30.3 Å². The lowest BCUT2D eigenvalue weighted by atomic mass is 10.2. The monoisotopic (exact) mass is 525 g/mol. The van der Waals surface area contributed by atoms with E-state index < -0.39 is 29.7 Å². The molecule has 4 rings (SSSR count). The summed E-state index contributed by atoms with van der Waals surface area (Å²) in [5.41, 5.74) is 0.513. The van der Waals surface area contributed by atoms with Gasteiger partial charge in [0.2, 0.25) is 0 Å². The van der Waals surface area contributed by atoms with Gasteiger partial charge in [0.05, 0.1) is 25.8 Å². The van der Waals surface area contributed by atoms with Gasteiger partial charge in [-0.3, -0.25) is 13.9 Å². The lowest BCUT2D eigenvalue weighted by Crippen LogP contribution is -2.41. The van der Waals surface area contributed by atoms with E-state index in [1.165, 1.54) is 16.8 Å². The van der Waals surface area contributed by atoms with Crippen molar-refractivity contribution in [2.75, 3.05) is 6.61 Å². The van der Waals surface area contributed by atoms with Crippen molar-refractivity contribution in [1.29, 1.82) is 0 Å². The van der Waals surface area contributed by atoms with Gasteiger partial charge in [-0.2, -0.15) is 0 Å². The average molecular weight is 525 g/mol. The third-order valence-corrected chi connectivity index (χ3v) is 6.19. The Labute approximate surface area is 184 Å². The number of nitrogens with zero attached hydrogens (tertiary/aromatic N) is 5. The van der Waals surface area contributed by atoms with Gasteiger partial charge in [-0.15, -0.1) is 5.10 Å². The van der Waals surface area contributed by atoms with Crippen molar-refractivity contribution >= 4 is 22.6 Å². The third kappa shape index (κ3) is 4.10. The fourth-order valence-electron chi connectivity index (χ4n) is 3.39. The summed E-state index contributed by atoms with van der Waals surface area (Å²) in [6.07, 6.45) is -0.916. The summed E-state index contributed by atoms with van der Waals surface area (Å²) in [5.74, 6) is 0. The highest BCUT2D eigenvalue weighted by atomic mass is 127. The molecular formula is C19H20IN5O5. The molecule has 3 heterocycles. The van der Waals surface area contributed by atoms with Crippen LogP contribution in [0.25, 0.3) is 0 Å². The van der Waals surface area contributed by atoms with Gasteiger partial charge in [0.15, 0.2) is 0 Å². The zero-order valence-corrected chi connectivity index (χ0v) is 18.0. The van der Waals surface area contributed by atoms with Gasteiger partial charge in [-0.25, -0.2) is 9.48 Å². The number of aromatic nitrogens is 5. The summed E-state index contributed by atoms with van der Waals surface area (Å²) in [4.78, 5) is 25.3. The van der Waals surface area contributed by atoms with Gasteiger partial charge >= 0.3 is 5.69 Å². The van der Waals surface area contributed by atoms with Crippen molar-refractivity contribution in [2.24, 2.45) is 0 Å². The molecule has 3 atom stereocenters. The van der Waals surface area contributed by atoms with Crippen molar-refractivity contribution in [3.05, 3.63) is 78.4 Å². The van der Waals surface area contributed by atoms with Crippen LogP contribution in [0.3, 0.4) is 0 Å². The van der Waals surface area contributed by atoms with Crippen molar-refractivity contribution < 1.29 is 14.9 Å². The fraction of sp³-hybridized carbons (Fsp3) is 0.368. The first-order valence-corrected chi connectivity index (χ1v) is 10.4. The highest BCUT2D eigenvalue weighted by Gasteiger charge is 2.35. The third-order valence-electron chi connectivity index (χ3n) is 5.01. The van der Waals surface area contributed by atoms with Crippen LogP contribution in [-0.2, 0) is 17.8 Å². The second-order valence-corrected chi connectivity index (χ2v) is 8.04. The minimum atomic E-state index is -0.883. The molecule has 0 aliphatic carbocycles. The second-order valence-electron chi connectivity index (χ2n) is 7.01. The zero-order chi connectivity index (χ0) is 21.3. The summed E-state index contributed by atoms with van der Waals surface area (Å²) in [7, 11) is 0. The van der Waals surface area contributed by atoms with Crippen LogP contribution in [0.15, 0.2) is 52.2 Å². The van der Waals surface area contributed by atoms with Crippen LogP contribution in [-0.4, -0.2) is 53.2 Å². The molecule has 2 aromatic heterocycles. The molecule has 158 valence electrons. The summed E-state index contributed by atoms with van der Waals surface area (Å²) in [6, 6.07) is 11.0. The van der Waals surface area contributed by atoms with Crippen LogP contribution < -0.4 is 11.2 Å². The number of rotatable bonds is 6. The topological polar surface area (TPSA) is 124 Å². The molecule has 0 spiro atoms. The van der Waals surface area contributed by atoms with Crippen molar-refractivity contribution in [1.82, 2.24) is 24.1 Å². The van der Waals surface area contributed by atoms with Crippen LogP contribution in [0.5, 0.6) is 0 Å². The highest BCUT2D eigenvalue weighted by molar-refractivity contribution is 14.1. The molecule has 3 aromatic rings. The van der Waals surface area contributed by atoms with Gasteiger partial charge in [-0.05, 0) is 28.2 Å². The maximum absolute atomic E-state index is 12.9. The minimum absolute atomic E-state index is 0.0374. The van der Waals surface area contributed by atoms with Crippen molar-refractivity contribution in [3.63, 3.8) is 0 Å². The lowest BCUT2D eigenvalue weighted by molar-refractivity contribution is -0.0463. The molecule has 1 aliphatic rings. The molecule has 0 radical (unpaired) electrons. The Kier molecular flexibility index (Phi) is 6.13.